The molecule has 6 heteroatoms. The van der Waals surface area contributed by atoms with Crippen molar-refractivity contribution in [2.75, 3.05) is 32.8 Å². The molecular formula is C19H23N3O3. The van der Waals surface area contributed by atoms with E-state index in [1.54, 1.807) is 6.07 Å². The van der Waals surface area contributed by atoms with E-state index in [9.17, 15) is 4.79 Å². The molecule has 1 amide bonds. The Bertz CT molecular complexity index is 719. The van der Waals surface area contributed by atoms with Gasteiger partial charge in [-0.2, -0.15) is 0 Å². The Morgan fingerprint density at radius 3 is 2.64 bits per heavy atom. The maximum atomic E-state index is 12.5. The lowest BCUT2D eigenvalue weighted by molar-refractivity contribution is -0.0540. The van der Waals surface area contributed by atoms with Crippen molar-refractivity contribution < 1.29 is 14.1 Å². The summed E-state index contributed by atoms with van der Waals surface area (Å²) >= 11 is 0. The molecule has 1 aromatic carbocycles. The van der Waals surface area contributed by atoms with Crippen LogP contribution < -0.4 is 5.32 Å². The smallest absolute Gasteiger partial charge is 0.273 e. The quantitative estimate of drug-likeness (QED) is 0.904. The fraction of sp³-hybridized carbons (Fsp3) is 0.474. The Balaban J connectivity index is 1.39. The predicted octanol–water partition coefficient (Wildman–Crippen LogP) is 2.33. The van der Waals surface area contributed by atoms with Crippen molar-refractivity contribution in [3.8, 4) is 11.3 Å². The highest BCUT2D eigenvalue weighted by Crippen LogP contribution is 2.37. The lowest BCUT2D eigenvalue weighted by Crippen LogP contribution is -2.62. The van der Waals surface area contributed by atoms with Gasteiger partial charge in [0.1, 0.15) is 0 Å². The van der Waals surface area contributed by atoms with E-state index in [0.29, 0.717) is 18.0 Å². The molecule has 1 aromatic heterocycles. The number of carbonyl (C=O) groups is 1. The van der Waals surface area contributed by atoms with E-state index in [-0.39, 0.29) is 11.4 Å². The molecule has 2 fully saturated rings. The van der Waals surface area contributed by atoms with E-state index in [1.165, 1.54) is 6.42 Å². The van der Waals surface area contributed by atoms with Gasteiger partial charge in [0, 0.05) is 36.8 Å². The molecule has 0 unspecified atom stereocenters. The van der Waals surface area contributed by atoms with Gasteiger partial charge in [0.2, 0.25) is 0 Å². The second kappa shape index (κ2) is 6.98. The van der Waals surface area contributed by atoms with Gasteiger partial charge in [-0.25, -0.2) is 0 Å². The zero-order valence-corrected chi connectivity index (χ0v) is 14.2. The van der Waals surface area contributed by atoms with Crippen molar-refractivity contribution in [3.05, 3.63) is 42.1 Å². The summed E-state index contributed by atoms with van der Waals surface area (Å²) in [5, 5.41) is 6.99. The molecular weight excluding hydrogens is 318 g/mol. The number of hydrogen-bond acceptors (Lipinski definition) is 5. The van der Waals surface area contributed by atoms with Crippen LogP contribution >= 0.6 is 0 Å². The lowest BCUT2D eigenvalue weighted by Gasteiger charge is -2.51. The Morgan fingerprint density at radius 1 is 1.20 bits per heavy atom. The van der Waals surface area contributed by atoms with Gasteiger partial charge in [0.25, 0.3) is 5.91 Å². The van der Waals surface area contributed by atoms with Crippen molar-refractivity contribution in [1.29, 1.82) is 0 Å². The minimum Gasteiger partial charge on any atom is -0.379 e. The maximum absolute atomic E-state index is 12.5. The SMILES string of the molecule is O=C(NCC1(N2CCOCC2)CCC1)c1cc(-c2ccccc2)on1. The molecule has 1 aliphatic heterocycles. The van der Waals surface area contributed by atoms with Gasteiger partial charge >= 0.3 is 0 Å². The van der Waals surface area contributed by atoms with Crippen LogP contribution in [0, 0.1) is 0 Å². The molecule has 1 aliphatic carbocycles. The summed E-state index contributed by atoms with van der Waals surface area (Å²) in [6, 6.07) is 11.4. The van der Waals surface area contributed by atoms with E-state index in [1.807, 2.05) is 30.3 Å². The van der Waals surface area contributed by atoms with Crippen LogP contribution in [0.2, 0.25) is 0 Å². The zero-order chi connectivity index (χ0) is 17.1. The fourth-order valence-electron chi connectivity index (χ4n) is 3.68. The third-order valence-corrected chi connectivity index (χ3v) is 5.35. The van der Waals surface area contributed by atoms with Gasteiger partial charge < -0.3 is 14.6 Å². The zero-order valence-electron chi connectivity index (χ0n) is 14.2. The minimum atomic E-state index is -0.175. The number of benzene rings is 1. The molecule has 4 rings (SSSR count). The predicted molar refractivity (Wildman–Crippen MR) is 93.2 cm³/mol. The molecule has 2 aromatic rings. The van der Waals surface area contributed by atoms with Crippen LogP contribution in [0.1, 0.15) is 29.8 Å². The molecule has 25 heavy (non-hydrogen) atoms. The Kier molecular flexibility index (Phi) is 4.55. The van der Waals surface area contributed by atoms with Gasteiger partial charge in [-0.05, 0) is 19.3 Å². The van der Waals surface area contributed by atoms with Crippen molar-refractivity contribution >= 4 is 5.91 Å². The van der Waals surface area contributed by atoms with Crippen LogP contribution in [0.3, 0.4) is 0 Å². The number of ether oxygens (including phenoxy) is 1. The summed E-state index contributed by atoms with van der Waals surface area (Å²) in [4.78, 5) is 15.0. The topological polar surface area (TPSA) is 67.6 Å². The van der Waals surface area contributed by atoms with E-state index in [0.717, 1.165) is 44.7 Å². The van der Waals surface area contributed by atoms with E-state index in [2.05, 4.69) is 15.4 Å². The normalized spacial score (nSPS) is 20.0. The monoisotopic (exact) mass is 341 g/mol. The van der Waals surface area contributed by atoms with Crippen LogP contribution in [0.25, 0.3) is 11.3 Å². The summed E-state index contributed by atoms with van der Waals surface area (Å²) in [5.41, 5.74) is 1.33. The van der Waals surface area contributed by atoms with E-state index < -0.39 is 0 Å². The maximum Gasteiger partial charge on any atom is 0.273 e. The Labute approximate surface area is 147 Å². The number of carbonyl (C=O) groups excluding carboxylic acids is 1. The van der Waals surface area contributed by atoms with Gasteiger partial charge in [-0.1, -0.05) is 35.5 Å². The lowest BCUT2D eigenvalue weighted by atomic mass is 9.75. The van der Waals surface area contributed by atoms with Gasteiger partial charge in [0.05, 0.1) is 13.2 Å². The number of morpholine rings is 1. The fourth-order valence-corrected chi connectivity index (χ4v) is 3.68. The van der Waals surface area contributed by atoms with Crippen molar-refractivity contribution in [2.24, 2.45) is 0 Å². The first kappa shape index (κ1) is 16.3. The van der Waals surface area contributed by atoms with Gasteiger partial charge in [0.15, 0.2) is 11.5 Å². The number of aromatic nitrogens is 1. The second-order valence-corrected chi connectivity index (χ2v) is 6.80. The average Bonchev–Trinajstić information content (AvgIpc) is 3.13. The van der Waals surface area contributed by atoms with E-state index >= 15 is 0 Å². The average molecular weight is 341 g/mol. The first-order chi connectivity index (χ1) is 12.3. The number of nitrogens with zero attached hydrogens (tertiary/aromatic N) is 2. The molecule has 132 valence electrons. The molecule has 1 saturated heterocycles. The van der Waals surface area contributed by atoms with Gasteiger partial charge in [-0.3, -0.25) is 9.69 Å². The minimum absolute atomic E-state index is 0.0887. The number of hydrogen-bond donors (Lipinski definition) is 1. The summed E-state index contributed by atoms with van der Waals surface area (Å²) in [6.07, 6.45) is 3.47. The molecule has 0 radical (unpaired) electrons. The molecule has 6 nitrogen and oxygen atoms in total. The molecule has 0 atom stereocenters. The molecule has 0 spiro atoms. The second-order valence-electron chi connectivity index (χ2n) is 6.80. The molecule has 0 bridgehead atoms. The highest BCUT2D eigenvalue weighted by atomic mass is 16.5. The van der Waals surface area contributed by atoms with Crippen LogP contribution in [0.4, 0.5) is 0 Å². The molecule has 1 N–H and O–H groups in total. The molecule has 1 saturated carbocycles. The van der Waals surface area contributed by atoms with Gasteiger partial charge in [-0.15, -0.1) is 0 Å². The highest BCUT2D eigenvalue weighted by molar-refractivity contribution is 5.93. The van der Waals surface area contributed by atoms with Crippen LogP contribution in [0.5, 0.6) is 0 Å². The summed E-state index contributed by atoms with van der Waals surface area (Å²) < 4.78 is 10.8. The first-order valence-corrected chi connectivity index (χ1v) is 8.90. The Morgan fingerprint density at radius 2 is 1.96 bits per heavy atom. The number of rotatable bonds is 5. The molecule has 2 aliphatic rings. The molecule has 2 heterocycles. The van der Waals surface area contributed by atoms with E-state index in [4.69, 9.17) is 9.26 Å². The largest absolute Gasteiger partial charge is 0.379 e. The number of amides is 1. The number of nitrogens with one attached hydrogen (secondary N) is 1. The highest BCUT2D eigenvalue weighted by Gasteiger charge is 2.43. The Hall–Kier alpha value is -2.18. The first-order valence-electron chi connectivity index (χ1n) is 8.90. The summed E-state index contributed by atoms with van der Waals surface area (Å²) in [5.74, 6) is 0.433. The van der Waals surface area contributed by atoms with Crippen molar-refractivity contribution in [1.82, 2.24) is 15.4 Å². The third kappa shape index (κ3) is 3.32. The summed E-state index contributed by atoms with van der Waals surface area (Å²) in [6.45, 7) is 4.09. The summed E-state index contributed by atoms with van der Waals surface area (Å²) in [7, 11) is 0. The standard InChI is InChI=1S/C19H23N3O3/c23-18(16-13-17(25-21-16)15-5-2-1-3-6-15)20-14-19(7-4-8-19)22-9-11-24-12-10-22/h1-3,5-6,13H,4,7-12,14H2,(H,20,23). The van der Waals surface area contributed by atoms with Crippen LogP contribution in [-0.4, -0.2) is 54.4 Å². The third-order valence-electron chi connectivity index (χ3n) is 5.35. The van der Waals surface area contributed by atoms with Crippen molar-refractivity contribution in [3.63, 3.8) is 0 Å². The van der Waals surface area contributed by atoms with Crippen LogP contribution in [-0.2, 0) is 4.74 Å². The van der Waals surface area contributed by atoms with Crippen LogP contribution in [0.15, 0.2) is 40.9 Å². The van der Waals surface area contributed by atoms with Crippen molar-refractivity contribution in [2.45, 2.75) is 24.8 Å².